The number of carboxylic acids is 1. The van der Waals surface area contributed by atoms with Crippen LogP contribution >= 0.6 is 0 Å². The molecule has 0 saturated heterocycles. The average molecular weight is 324 g/mol. The summed E-state index contributed by atoms with van der Waals surface area (Å²) in [4.78, 5) is 21.8. The highest BCUT2D eigenvalue weighted by Crippen LogP contribution is 2.26. The van der Waals surface area contributed by atoms with Gasteiger partial charge in [0.25, 0.3) is 5.69 Å². The molecule has 0 atom stereocenters. The number of benzene rings is 2. The minimum atomic E-state index is -1.08. The first-order valence-corrected chi connectivity index (χ1v) is 7.61. The van der Waals surface area contributed by atoms with Gasteiger partial charge in [0.05, 0.1) is 10.5 Å². The number of aromatic nitrogens is 1. The number of aromatic carboxylic acids is 1. The summed E-state index contributed by atoms with van der Waals surface area (Å²) in [7, 11) is 0. The Morgan fingerprint density at radius 1 is 1.17 bits per heavy atom. The van der Waals surface area contributed by atoms with Crippen LogP contribution in [-0.2, 0) is 13.0 Å². The van der Waals surface area contributed by atoms with E-state index in [0.717, 1.165) is 12.8 Å². The van der Waals surface area contributed by atoms with Gasteiger partial charge in [0.15, 0.2) is 0 Å². The maximum absolute atomic E-state index is 11.4. The number of fused-ring (bicyclic) bond motifs is 1. The largest absolute Gasteiger partial charge is 0.478 e. The molecule has 2 aromatic carbocycles. The van der Waals surface area contributed by atoms with Crippen molar-refractivity contribution in [3.05, 3.63) is 76.0 Å². The minimum absolute atomic E-state index is 0.0911. The number of non-ortho nitro benzene ring substituents is 1. The lowest BCUT2D eigenvalue weighted by Gasteiger charge is -2.05. The van der Waals surface area contributed by atoms with Crippen molar-refractivity contribution in [2.45, 2.75) is 19.4 Å². The third-order valence-electron chi connectivity index (χ3n) is 4.01. The van der Waals surface area contributed by atoms with E-state index in [1.54, 1.807) is 12.3 Å². The van der Waals surface area contributed by atoms with Gasteiger partial charge in [0.1, 0.15) is 0 Å². The van der Waals surface area contributed by atoms with Gasteiger partial charge in [0.2, 0.25) is 0 Å². The molecule has 0 aliphatic rings. The first-order chi connectivity index (χ1) is 11.6. The number of nitro benzene ring substituents is 1. The maximum atomic E-state index is 11.4. The molecule has 0 bridgehead atoms. The maximum Gasteiger partial charge on any atom is 0.337 e. The van der Waals surface area contributed by atoms with E-state index in [4.69, 9.17) is 0 Å². The Labute approximate surface area is 138 Å². The Balaban J connectivity index is 1.87. The molecule has 24 heavy (non-hydrogen) atoms. The summed E-state index contributed by atoms with van der Waals surface area (Å²) < 4.78 is 1.85. The molecule has 122 valence electrons. The molecule has 1 N–H and O–H groups in total. The highest BCUT2D eigenvalue weighted by Gasteiger charge is 2.17. The second-order valence-corrected chi connectivity index (χ2v) is 5.59. The predicted molar refractivity (Wildman–Crippen MR) is 90.3 cm³/mol. The van der Waals surface area contributed by atoms with Crippen molar-refractivity contribution in [1.29, 1.82) is 0 Å². The van der Waals surface area contributed by atoms with Crippen molar-refractivity contribution in [2.75, 3.05) is 0 Å². The summed E-state index contributed by atoms with van der Waals surface area (Å²) in [6, 6.07) is 14.4. The molecule has 3 aromatic rings. The van der Waals surface area contributed by atoms with E-state index in [9.17, 15) is 20.0 Å². The van der Waals surface area contributed by atoms with Crippen molar-refractivity contribution in [3.63, 3.8) is 0 Å². The summed E-state index contributed by atoms with van der Waals surface area (Å²) in [6.07, 6.45) is 3.29. The molecule has 0 unspecified atom stereocenters. The topological polar surface area (TPSA) is 85.4 Å². The molecule has 0 aliphatic carbocycles. The van der Waals surface area contributed by atoms with Gasteiger partial charge in [0, 0.05) is 35.8 Å². The minimum Gasteiger partial charge on any atom is -0.478 e. The number of hydrogen-bond acceptors (Lipinski definition) is 3. The molecular formula is C18H16N2O4. The van der Waals surface area contributed by atoms with Crippen molar-refractivity contribution >= 4 is 22.6 Å². The normalized spacial score (nSPS) is 10.8. The summed E-state index contributed by atoms with van der Waals surface area (Å²) >= 11 is 0. The molecular weight excluding hydrogens is 308 g/mol. The van der Waals surface area contributed by atoms with E-state index in [1.807, 2.05) is 22.8 Å². The van der Waals surface area contributed by atoms with Crippen LogP contribution in [0.5, 0.6) is 0 Å². The van der Waals surface area contributed by atoms with E-state index in [2.05, 4.69) is 12.1 Å². The van der Waals surface area contributed by atoms with Gasteiger partial charge < -0.3 is 9.67 Å². The molecule has 0 aliphatic heterocycles. The highest BCUT2D eigenvalue weighted by molar-refractivity contribution is 6.04. The highest BCUT2D eigenvalue weighted by atomic mass is 16.6. The van der Waals surface area contributed by atoms with Crippen LogP contribution in [0.15, 0.2) is 54.7 Å². The van der Waals surface area contributed by atoms with E-state index in [0.29, 0.717) is 17.4 Å². The lowest BCUT2D eigenvalue weighted by molar-refractivity contribution is -0.384. The van der Waals surface area contributed by atoms with Gasteiger partial charge in [-0.1, -0.05) is 30.3 Å². The van der Waals surface area contributed by atoms with E-state index >= 15 is 0 Å². The molecule has 0 saturated carbocycles. The second kappa shape index (κ2) is 6.54. The standard InChI is InChI=1S/C18H16N2O4/c21-18(22)16-12-19(10-4-7-13-5-2-1-3-6-13)17-9-8-14(20(23)24)11-15(16)17/h1-3,5-6,8-9,11-12H,4,7,10H2,(H,21,22). The zero-order valence-corrected chi connectivity index (χ0v) is 12.9. The van der Waals surface area contributed by atoms with Crippen LogP contribution in [0.3, 0.4) is 0 Å². The molecule has 0 amide bonds. The number of rotatable bonds is 6. The third kappa shape index (κ3) is 3.12. The van der Waals surface area contributed by atoms with Crippen LogP contribution in [0.2, 0.25) is 0 Å². The zero-order chi connectivity index (χ0) is 17.1. The fourth-order valence-corrected chi connectivity index (χ4v) is 2.85. The fraction of sp³-hybridized carbons (Fsp3) is 0.167. The molecule has 1 heterocycles. The number of nitro groups is 1. The van der Waals surface area contributed by atoms with Crippen molar-refractivity contribution in [2.24, 2.45) is 0 Å². The fourth-order valence-electron chi connectivity index (χ4n) is 2.85. The Kier molecular flexibility index (Phi) is 4.29. The van der Waals surface area contributed by atoms with E-state index < -0.39 is 10.9 Å². The molecule has 1 aromatic heterocycles. The lowest BCUT2D eigenvalue weighted by atomic mass is 10.1. The number of aryl methyl sites for hydroxylation is 2. The number of nitrogens with zero attached hydrogens (tertiary/aromatic N) is 2. The van der Waals surface area contributed by atoms with Gasteiger partial charge >= 0.3 is 5.97 Å². The van der Waals surface area contributed by atoms with Crippen LogP contribution < -0.4 is 0 Å². The van der Waals surface area contributed by atoms with E-state index in [-0.39, 0.29) is 11.3 Å². The monoisotopic (exact) mass is 324 g/mol. The Morgan fingerprint density at radius 3 is 2.58 bits per heavy atom. The van der Waals surface area contributed by atoms with Crippen LogP contribution in [0.25, 0.3) is 10.9 Å². The average Bonchev–Trinajstić information content (AvgIpc) is 2.94. The summed E-state index contributed by atoms with van der Waals surface area (Å²) in [5.41, 5.74) is 1.91. The smallest absolute Gasteiger partial charge is 0.337 e. The van der Waals surface area contributed by atoms with Crippen LogP contribution in [0.4, 0.5) is 5.69 Å². The van der Waals surface area contributed by atoms with Gasteiger partial charge in [-0.3, -0.25) is 10.1 Å². The van der Waals surface area contributed by atoms with Crippen molar-refractivity contribution in [1.82, 2.24) is 4.57 Å². The molecule has 0 spiro atoms. The lowest BCUT2D eigenvalue weighted by Crippen LogP contribution is -1.99. The number of hydrogen-bond donors (Lipinski definition) is 1. The third-order valence-corrected chi connectivity index (χ3v) is 4.01. The van der Waals surface area contributed by atoms with Crippen LogP contribution in [0.1, 0.15) is 22.3 Å². The summed E-state index contributed by atoms with van der Waals surface area (Å²) in [5, 5.41) is 20.7. The molecule has 0 fully saturated rings. The molecule has 6 heteroatoms. The van der Waals surface area contributed by atoms with E-state index in [1.165, 1.54) is 17.7 Å². The first-order valence-electron chi connectivity index (χ1n) is 7.61. The second-order valence-electron chi connectivity index (χ2n) is 5.59. The number of carboxylic acid groups (broad SMARTS) is 1. The number of carbonyl (C=O) groups is 1. The predicted octanol–water partition coefficient (Wildman–Crippen LogP) is 3.88. The first kappa shape index (κ1) is 15.7. The molecule has 6 nitrogen and oxygen atoms in total. The van der Waals surface area contributed by atoms with Gasteiger partial charge in [-0.15, -0.1) is 0 Å². The Hall–Kier alpha value is -3.15. The molecule has 3 rings (SSSR count). The zero-order valence-electron chi connectivity index (χ0n) is 12.9. The summed E-state index contributed by atoms with van der Waals surface area (Å²) in [6.45, 7) is 0.649. The quantitative estimate of drug-likeness (QED) is 0.551. The van der Waals surface area contributed by atoms with Gasteiger partial charge in [-0.25, -0.2) is 4.79 Å². The Morgan fingerprint density at radius 2 is 1.92 bits per heavy atom. The van der Waals surface area contributed by atoms with Crippen LogP contribution in [0, 0.1) is 10.1 Å². The van der Waals surface area contributed by atoms with Gasteiger partial charge in [-0.2, -0.15) is 0 Å². The SMILES string of the molecule is O=C(O)c1cn(CCCc2ccccc2)c2ccc([N+](=O)[O-])cc12. The van der Waals surface area contributed by atoms with Crippen molar-refractivity contribution in [3.8, 4) is 0 Å². The van der Waals surface area contributed by atoms with Crippen molar-refractivity contribution < 1.29 is 14.8 Å². The Bertz CT molecular complexity index is 900. The van der Waals surface area contributed by atoms with Crippen LogP contribution in [-0.4, -0.2) is 20.6 Å². The molecule has 0 radical (unpaired) electrons. The summed E-state index contributed by atoms with van der Waals surface area (Å²) in [5.74, 6) is -1.08. The van der Waals surface area contributed by atoms with Gasteiger partial charge in [-0.05, 0) is 24.5 Å².